The van der Waals surface area contributed by atoms with Crippen molar-refractivity contribution >= 4 is 23.3 Å². The zero-order valence-corrected chi connectivity index (χ0v) is 9.95. The average Bonchev–Trinajstić information content (AvgIpc) is 2.69. The number of rotatable bonds is 4. The minimum Gasteiger partial charge on any atom is -0.480 e. The number of nitrogens with zero attached hydrogens (tertiary/aromatic N) is 1. The minimum absolute atomic E-state index is 0.386. The molecule has 0 aliphatic carbocycles. The number of nitrogens with one attached hydrogen (secondary N) is 1. The summed E-state index contributed by atoms with van der Waals surface area (Å²) in [5.74, 6) is -1.04. The summed E-state index contributed by atoms with van der Waals surface area (Å²) in [6.07, 6.45) is 0. The van der Waals surface area contributed by atoms with Crippen LogP contribution in [0.1, 0.15) is 11.8 Å². The topological polar surface area (TPSA) is 69.6 Å². The van der Waals surface area contributed by atoms with Gasteiger partial charge in [0, 0.05) is 11.9 Å². The summed E-state index contributed by atoms with van der Waals surface area (Å²) in [6, 6.07) is 2.57. The minimum atomic E-state index is -1.04. The Hall–Kier alpha value is -1.56. The van der Waals surface area contributed by atoms with Crippen molar-refractivity contribution in [3.8, 4) is 0 Å². The summed E-state index contributed by atoms with van der Waals surface area (Å²) in [6.45, 7) is 1.91. The average molecular weight is 242 g/mol. The number of aliphatic carboxylic acids is 1. The molecule has 16 heavy (non-hydrogen) atoms. The maximum absolute atomic E-state index is 11.5. The third kappa shape index (κ3) is 3.54. The van der Waals surface area contributed by atoms with Gasteiger partial charge in [-0.05, 0) is 18.4 Å². The number of carboxylic acid groups (broad SMARTS) is 1. The van der Waals surface area contributed by atoms with Gasteiger partial charge in [0.2, 0.25) is 0 Å². The zero-order valence-electron chi connectivity index (χ0n) is 9.14. The molecule has 0 saturated carbocycles. The van der Waals surface area contributed by atoms with Crippen molar-refractivity contribution in [2.45, 2.75) is 19.5 Å². The number of carbonyl (C=O) groups is 2. The van der Waals surface area contributed by atoms with Gasteiger partial charge in [-0.3, -0.25) is 4.79 Å². The molecule has 88 valence electrons. The molecular formula is C10H14N2O3S. The van der Waals surface area contributed by atoms with E-state index in [-0.39, 0.29) is 6.03 Å². The van der Waals surface area contributed by atoms with E-state index in [1.165, 1.54) is 11.8 Å². The first-order valence-corrected chi connectivity index (χ1v) is 5.65. The standard InChI is InChI=1S/C10H14N2O3S/c1-7(9(13)14)11-10(15)12(2)6-8-4-3-5-16-8/h3-5,7H,6H2,1-2H3,(H,11,15)(H,13,14). The van der Waals surface area contributed by atoms with E-state index in [9.17, 15) is 9.59 Å². The van der Waals surface area contributed by atoms with Gasteiger partial charge in [0.05, 0.1) is 6.54 Å². The molecule has 0 aliphatic heterocycles. The van der Waals surface area contributed by atoms with E-state index in [2.05, 4.69) is 5.32 Å². The molecule has 2 N–H and O–H groups in total. The van der Waals surface area contributed by atoms with Crippen molar-refractivity contribution in [3.63, 3.8) is 0 Å². The quantitative estimate of drug-likeness (QED) is 0.837. The molecule has 0 radical (unpaired) electrons. The summed E-state index contributed by atoms with van der Waals surface area (Å²) in [5.41, 5.74) is 0. The molecule has 1 aromatic rings. The fraction of sp³-hybridized carbons (Fsp3) is 0.400. The fourth-order valence-corrected chi connectivity index (χ4v) is 1.82. The van der Waals surface area contributed by atoms with Gasteiger partial charge in [-0.25, -0.2) is 4.79 Å². The van der Waals surface area contributed by atoms with Crippen LogP contribution in [0.5, 0.6) is 0 Å². The molecule has 0 aliphatic rings. The molecule has 1 aromatic heterocycles. The molecule has 0 spiro atoms. The van der Waals surface area contributed by atoms with Crippen LogP contribution in [0, 0.1) is 0 Å². The molecular weight excluding hydrogens is 228 g/mol. The Balaban J connectivity index is 2.45. The summed E-state index contributed by atoms with van der Waals surface area (Å²) in [4.78, 5) is 24.6. The summed E-state index contributed by atoms with van der Waals surface area (Å²) in [7, 11) is 1.63. The van der Waals surface area contributed by atoms with Crippen LogP contribution in [0.2, 0.25) is 0 Å². The Kier molecular flexibility index (Phi) is 4.30. The Morgan fingerprint density at radius 1 is 1.62 bits per heavy atom. The van der Waals surface area contributed by atoms with Gasteiger partial charge in [-0.1, -0.05) is 6.07 Å². The van der Waals surface area contributed by atoms with E-state index in [1.54, 1.807) is 18.4 Å². The molecule has 1 atom stereocenters. The number of urea groups is 1. The highest BCUT2D eigenvalue weighted by atomic mass is 32.1. The predicted octanol–water partition coefficient (Wildman–Crippen LogP) is 1.36. The van der Waals surface area contributed by atoms with Crippen molar-refractivity contribution in [2.24, 2.45) is 0 Å². The summed E-state index contributed by atoms with van der Waals surface area (Å²) in [5, 5.41) is 13.0. The number of carboxylic acids is 1. The lowest BCUT2D eigenvalue weighted by atomic mass is 10.3. The number of amides is 2. The van der Waals surface area contributed by atoms with Gasteiger partial charge < -0.3 is 15.3 Å². The highest BCUT2D eigenvalue weighted by molar-refractivity contribution is 7.09. The number of hydrogen-bond acceptors (Lipinski definition) is 3. The second-order valence-corrected chi connectivity index (χ2v) is 4.48. The maximum Gasteiger partial charge on any atom is 0.325 e. The summed E-state index contributed by atoms with van der Waals surface area (Å²) < 4.78 is 0. The van der Waals surface area contributed by atoms with Gasteiger partial charge in [-0.2, -0.15) is 0 Å². The van der Waals surface area contributed by atoms with Gasteiger partial charge in [0.25, 0.3) is 0 Å². The van der Waals surface area contributed by atoms with Crippen LogP contribution in [-0.4, -0.2) is 35.1 Å². The molecule has 1 heterocycles. The lowest BCUT2D eigenvalue weighted by Crippen LogP contribution is -2.44. The second kappa shape index (κ2) is 5.50. The normalized spacial score (nSPS) is 11.9. The van der Waals surface area contributed by atoms with Crippen LogP contribution in [0.3, 0.4) is 0 Å². The molecule has 5 nitrogen and oxygen atoms in total. The third-order valence-corrected chi connectivity index (χ3v) is 2.89. The van der Waals surface area contributed by atoms with Gasteiger partial charge in [0.15, 0.2) is 0 Å². The van der Waals surface area contributed by atoms with Crippen molar-refractivity contribution in [1.29, 1.82) is 0 Å². The van der Waals surface area contributed by atoms with Crippen molar-refractivity contribution in [2.75, 3.05) is 7.05 Å². The van der Waals surface area contributed by atoms with Crippen LogP contribution in [0.25, 0.3) is 0 Å². The van der Waals surface area contributed by atoms with Crippen LogP contribution < -0.4 is 5.32 Å². The maximum atomic E-state index is 11.5. The second-order valence-electron chi connectivity index (χ2n) is 3.44. The van der Waals surface area contributed by atoms with Crippen molar-refractivity contribution < 1.29 is 14.7 Å². The van der Waals surface area contributed by atoms with E-state index in [0.29, 0.717) is 6.54 Å². The van der Waals surface area contributed by atoms with E-state index in [1.807, 2.05) is 17.5 Å². The smallest absolute Gasteiger partial charge is 0.325 e. The SMILES string of the molecule is CC(NC(=O)N(C)Cc1cccs1)C(=O)O. The molecule has 1 rings (SSSR count). The lowest BCUT2D eigenvalue weighted by Gasteiger charge is -2.18. The van der Waals surface area contributed by atoms with Crippen LogP contribution in [0.15, 0.2) is 17.5 Å². The first kappa shape index (κ1) is 12.5. The number of hydrogen-bond donors (Lipinski definition) is 2. The molecule has 2 amide bonds. The monoisotopic (exact) mass is 242 g/mol. The van der Waals surface area contributed by atoms with Crippen molar-refractivity contribution in [1.82, 2.24) is 10.2 Å². The lowest BCUT2D eigenvalue weighted by molar-refractivity contribution is -0.138. The van der Waals surface area contributed by atoms with Gasteiger partial charge in [-0.15, -0.1) is 11.3 Å². The van der Waals surface area contributed by atoms with Crippen molar-refractivity contribution in [3.05, 3.63) is 22.4 Å². The molecule has 6 heteroatoms. The van der Waals surface area contributed by atoms with Crippen LogP contribution in [0.4, 0.5) is 4.79 Å². The Labute approximate surface area is 97.7 Å². The predicted molar refractivity (Wildman–Crippen MR) is 61.4 cm³/mol. The first-order chi connectivity index (χ1) is 7.50. The zero-order chi connectivity index (χ0) is 12.1. The third-order valence-electron chi connectivity index (χ3n) is 2.03. The Morgan fingerprint density at radius 3 is 2.81 bits per heavy atom. The Bertz CT molecular complexity index is 364. The highest BCUT2D eigenvalue weighted by Crippen LogP contribution is 2.10. The van der Waals surface area contributed by atoms with E-state index in [4.69, 9.17) is 5.11 Å². The van der Waals surface area contributed by atoms with Crippen LogP contribution >= 0.6 is 11.3 Å². The van der Waals surface area contributed by atoms with Gasteiger partial charge >= 0.3 is 12.0 Å². The van der Waals surface area contributed by atoms with Crippen LogP contribution in [-0.2, 0) is 11.3 Å². The molecule has 0 bridgehead atoms. The fourth-order valence-electron chi connectivity index (χ4n) is 1.07. The molecule has 0 aromatic carbocycles. The highest BCUT2D eigenvalue weighted by Gasteiger charge is 2.16. The molecule has 0 fully saturated rings. The Morgan fingerprint density at radius 2 is 2.31 bits per heavy atom. The summed E-state index contributed by atoms with van der Waals surface area (Å²) >= 11 is 1.56. The van der Waals surface area contributed by atoms with Gasteiger partial charge in [0.1, 0.15) is 6.04 Å². The van der Waals surface area contributed by atoms with E-state index >= 15 is 0 Å². The number of carbonyl (C=O) groups excluding carboxylic acids is 1. The molecule has 1 unspecified atom stereocenters. The molecule has 0 saturated heterocycles. The number of thiophene rings is 1. The largest absolute Gasteiger partial charge is 0.480 e. The van der Waals surface area contributed by atoms with E-state index < -0.39 is 12.0 Å². The van der Waals surface area contributed by atoms with E-state index in [0.717, 1.165) is 4.88 Å². The first-order valence-electron chi connectivity index (χ1n) is 4.77.